The third kappa shape index (κ3) is 5.21. The molecule has 0 aromatic heterocycles. The van der Waals surface area contributed by atoms with Crippen LogP contribution in [0.2, 0.25) is 0 Å². The zero-order valence-corrected chi connectivity index (χ0v) is 18.5. The van der Waals surface area contributed by atoms with E-state index in [0.717, 1.165) is 44.7 Å². The average molecular weight is 452 g/mol. The number of likely N-dealkylation sites (tertiary alicyclic amines) is 1. The van der Waals surface area contributed by atoms with Gasteiger partial charge in [0, 0.05) is 44.7 Å². The smallest absolute Gasteiger partial charge is 0.193 e. The maximum absolute atomic E-state index is 5.64. The topological polar surface area (TPSA) is 40.1 Å². The minimum absolute atomic E-state index is 0. The van der Waals surface area contributed by atoms with Crippen LogP contribution in [0.4, 0.5) is 0 Å². The van der Waals surface area contributed by atoms with Gasteiger partial charge in [-0.3, -0.25) is 4.99 Å². The molecule has 2 unspecified atom stereocenters. The number of halogens is 1. The molecule has 0 aromatic rings. The fourth-order valence-electron chi connectivity index (χ4n) is 4.22. The largest absolute Gasteiger partial charge is 0.381 e. The molecular weight excluding hydrogens is 415 g/mol. The Hall–Kier alpha value is -0.0800. The molecule has 2 fully saturated rings. The fraction of sp³-hybridized carbons (Fsp3) is 0.944. The Bertz CT molecular complexity index is 392. The summed E-state index contributed by atoms with van der Waals surface area (Å²) in [4.78, 5) is 9.32. The first-order chi connectivity index (χ1) is 11.0. The average Bonchev–Trinajstić information content (AvgIpc) is 3.17. The second-order valence-corrected chi connectivity index (χ2v) is 7.51. The van der Waals surface area contributed by atoms with Crippen molar-refractivity contribution in [1.29, 1.82) is 0 Å². The van der Waals surface area contributed by atoms with E-state index in [1.165, 1.54) is 25.7 Å². The van der Waals surface area contributed by atoms with Crippen molar-refractivity contribution in [2.75, 3.05) is 54.0 Å². The third-order valence-electron chi connectivity index (χ3n) is 5.86. The van der Waals surface area contributed by atoms with Crippen LogP contribution >= 0.6 is 24.0 Å². The lowest BCUT2D eigenvalue weighted by Gasteiger charge is -2.33. The summed E-state index contributed by atoms with van der Waals surface area (Å²) < 4.78 is 5.64. The van der Waals surface area contributed by atoms with Crippen molar-refractivity contribution in [2.24, 2.45) is 16.3 Å². The number of rotatable bonds is 6. The van der Waals surface area contributed by atoms with Gasteiger partial charge in [0.2, 0.25) is 0 Å². The molecular formula is C18H37IN4O. The quantitative estimate of drug-likeness (QED) is 0.382. The first kappa shape index (κ1) is 22.0. The zero-order chi connectivity index (χ0) is 16.9. The second-order valence-electron chi connectivity index (χ2n) is 7.51. The molecule has 2 saturated heterocycles. The summed E-state index contributed by atoms with van der Waals surface area (Å²) in [5.41, 5.74) is 0.383. The third-order valence-corrected chi connectivity index (χ3v) is 5.86. The summed E-state index contributed by atoms with van der Waals surface area (Å²) in [6.07, 6.45) is 4.89. The lowest BCUT2D eigenvalue weighted by molar-refractivity contribution is 0.156. The van der Waals surface area contributed by atoms with Crippen LogP contribution in [0.25, 0.3) is 0 Å². The molecule has 0 aromatic carbocycles. The van der Waals surface area contributed by atoms with E-state index < -0.39 is 0 Å². The minimum Gasteiger partial charge on any atom is -0.381 e. The van der Waals surface area contributed by atoms with Crippen LogP contribution < -0.4 is 5.32 Å². The number of hydrogen-bond acceptors (Lipinski definition) is 3. The lowest BCUT2D eigenvalue weighted by atomic mass is 9.87. The Morgan fingerprint density at radius 1 is 1.29 bits per heavy atom. The summed E-state index contributed by atoms with van der Waals surface area (Å²) in [5.74, 6) is 1.79. The lowest BCUT2D eigenvalue weighted by Crippen LogP contribution is -2.49. The Morgan fingerprint density at radius 2 is 2.00 bits per heavy atom. The van der Waals surface area contributed by atoms with E-state index in [1.54, 1.807) is 0 Å². The number of ether oxygens (including phenoxy) is 1. The van der Waals surface area contributed by atoms with E-state index in [0.29, 0.717) is 11.5 Å². The van der Waals surface area contributed by atoms with Gasteiger partial charge in [-0.25, -0.2) is 0 Å². The molecule has 1 N–H and O–H groups in total. The van der Waals surface area contributed by atoms with Gasteiger partial charge in [-0.15, -0.1) is 24.0 Å². The van der Waals surface area contributed by atoms with E-state index in [2.05, 4.69) is 48.1 Å². The van der Waals surface area contributed by atoms with Crippen molar-refractivity contribution in [3.8, 4) is 0 Å². The molecule has 0 amide bonds. The van der Waals surface area contributed by atoms with Gasteiger partial charge >= 0.3 is 0 Å². The van der Waals surface area contributed by atoms with Gasteiger partial charge in [-0.05, 0) is 32.9 Å². The first-order valence-corrected chi connectivity index (χ1v) is 9.25. The molecule has 142 valence electrons. The number of guanidine groups is 1. The van der Waals surface area contributed by atoms with Crippen molar-refractivity contribution in [2.45, 2.75) is 45.6 Å². The molecule has 2 heterocycles. The van der Waals surface area contributed by atoms with Gasteiger partial charge < -0.3 is 19.9 Å². The van der Waals surface area contributed by atoms with Crippen molar-refractivity contribution in [1.82, 2.24) is 15.1 Å². The van der Waals surface area contributed by atoms with E-state index in [-0.39, 0.29) is 24.0 Å². The summed E-state index contributed by atoms with van der Waals surface area (Å²) in [6.45, 7) is 9.59. The Labute approximate surface area is 165 Å². The highest BCUT2D eigenvalue weighted by atomic mass is 127. The minimum atomic E-state index is 0. The monoisotopic (exact) mass is 452 g/mol. The Balaban J connectivity index is 0.00000288. The standard InChI is InChI=1S/C18H36N4O.HI/c1-6-15(7-2)16(21(4)5)12-20-17(19-3)22-10-8-18(13-22)9-11-23-14-18;/h15-16H,6-14H2,1-5H3,(H,19,20);1H. The highest BCUT2D eigenvalue weighted by Crippen LogP contribution is 2.38. The van der Waals surface area contributed by atoms with E-state index in [4.69, 9.17) is 4.74 Å². The maximum atomic E-state index is 5.64. The summed E-state index contributed by atoms with van der Waals surface area (Å²) in [7, 11) is 6.28. The van der Waals surface area contributed by atoms with Crippen molar-refractivity contribution in [3.05, 3.63) is 0 Å². The van der Waals surface area contributed by atoms with Crippen LogP contribution in [0.5, 0.6) is 0 Å². The van der Waals surface area contributed by atoms with Crippen LogP contribution in [-0.2, 0) is 4.74 Å². The van der Waals surface area contributed by atoms with Crippen molar-refractivity contribution in [3.63, 3.8) is 0 Å². The van der Waals surface area contributed by atoms with E-state index in [9.17, 15) is 0 Å². The maximum Gasteiger partial charge on any atom is 0.193 e. The van der Waals surface area contributed by atoms with Crippen LogP contribution in [0, 0.1) is 11.3 Å². The molecule has 6 heteroatoms. The molecule has 2 rings (SSSR count). The van der Waals surface area contributed by atoms with Crippen LogP contribution in [0.1, 0.15) is 39.5 Å². The van der Waals surface area contributed by atoms with E-state index in [1.807, 2.05) is 7.05 Å². The van der Waals surface area contributed by atoms with E-state index >= 15 is 0 Å². The first-order valence-electron chi connectivity index (χ1n) is 9.25. The Kier molecular flexibility index (Phi) is 9.30. The molecule has 0 radical (unpaired) electrons. The number of likely N-dealkylation sites (N-methyl/N-ethyl adjacent to an activating group) is 1. The highest BCUT2D eigenvalue weighted by Gasteiger charge is 2.42. The molecule has 5 nitrogen and oxygen atoms in total. The summed E-state index contributed by atoms with van der Waals surface area (Å²) in [5, 5.41) is 3.64. The van der Waals surface area contributed by atoms with Gasteiger partial charge in [-0.1, -0.05) is 26.7 Å². The summed E-state index contributed by atoms with van der Waals surface area (Å²) in [6, 6.07) is 0.549. The highest BCUT2D eigenvalue weighted by molar-refractivity contribution is 14.0. The predicted octanol–water partition coefficient (Wildman–Crippen LogP) is 2.66. The predicted molar refractivity (Wildman–Crippen MR) is 112 cm³/mol. The van der Waals surface area contributed by atoms with Gasteiger partial charge in [0.15, 0.2) is 5.96 Å². The fourth-order valence-corrected chi connectivity index (χ4v) is 4.22. The molecule has 0 bridgehead atoms. The molecule has 2 atom stereocenters. The molecule has 24 heavy (non-hydrogen) atoms. The van der Waals surface area contributed by atoms with Gasteiger partial charge in [-0.2, -0.15) is 0 Å². The molecule has 2 aliphatic rings. The molecule has 1 spiro atoms. The SMILES string of the molecule is CCC(CC)C(CNC(=NC)N1CCC2(CCOC2)C1)N(C)C.I. The van der Waals surface area contributed by atoms with Gasteiger partial charge in [0.05, 0.1) is 6.61 Å². The molecule has 2 aliphatic heterocycles. The number of hydrogen-bond donors (Lipinski definition) is 1. The van der Waals surface area contributed by atoms with Gasteiger partial charge in [0.25, 0.3) is 0 Å². The number of nitrogens with one attached hydrogen (secondary N) is 1. The normalized spacial score (nSPS) is 25.6. The second kappa shape index (κ2) is 10.2. The Morgan fingerprint density at radius 3 is 2.50 bits per heavy atom. The number of nitrogens with zero attached hydrogens (tertiary/aromatic N) is 3. The molecule has 0 aliphatic carbocycles. The van der Waals surface area contributed by atoms with Crippen molar-refractivity contribution < 1.29 is 4.74 Å². The zero-order valence-electron chi connectivity index (χ0n) is 16.2. The van der Waals surface area contributed by atoms with Crippen LogP contribution in [-0.4, -0.2) is 75.8 Å². The van der Waals surface area contributed by atoms with Crippen molar-refractivity contribution >= 4 is 29.9 Å². The molecule has 0 saturated carbocycles. The van der Waals surface area contributed by atoms with Gasteiger partial charge in [0.1, 0.15) is 0 Å². The summed E-state index contributed by atoms with van der Waals surface area (Å²) >= 11 is 0. The van der Waals surface area contributed by atoms with Crippen LogP contribution in [0.15, 0.2) is 4.99 Å². The van der Waals surface area contributed by atoms with Crippen LogP contribution in [0.3, 0.4) is 0 Å². The number of aliphatic imine (C=N–C) groups is 1.